The number of pyridine rings is 1. The van der Waals surface area contributed by atoms with E-state index in [2.05, 4.69) is 4.98 Å². The molecule has 0 spiro atoms. The molecule has 23 heavy (non-hydrogen) atoms. The molecule has 0 saturated heterocycles. The van der Waals surface area contributed by atoms with Crippen LogP contribution in [0.4, 0.5) is 0 Å². The molecule has 3 aromatic rings. The monoisotopic (exact) mass is 305 g/mol. The van der Waals surface area contributed by atoms with Crippen molar-refractivity contribution in [2.45, 2.75) is 20.1 Å². The van der Waals surface area contributed by atoms with Crippen molar-refractivity contribution in [1.82, 2.24) is 4.98 Å². The molecule has 0 aliphatic carbocycles. The van der Waals surface area contributed by atoms with Crippen molar-refractivity contribution in [2.24, 2.45) is 0 Å². The predicted molar refractivity (Wildman–Crippen MR) is 90.5 cm³/mol. The Bertz CT molecular complexity index is 742. The zero-order valence-corrected chi connectivity index (χ0v) is 13.1. The molecule has 0 unspecified atom stereocenters. The number of benzene rings is 2. The van der Waals surface area contributed by atoms with Gasteiger partial charge in [-0.2, -0.15) is 0 Å². The van der Waals surface area contributed by atoms with Gasteiger partial charge in [0.1, 0.15) is 24.7 Å². The van der Waals surface area contributed by atoms with Crippen LogP contribution in [0.1, 0.15) is 16.7 Å². The summed E-state index contributed by atoms with van der Waals surface area (Å²) in [7, 11) is 0. The quantitative estimate of drug-likeness (QED) is 0.669. The molecule has 0 saturated carbocycles. The Balaban J connectivity index is 1.64. The molecule has 116 valence electrons. The molecule has 0 atom stereocenters. The Morgan fingerprint density at radius 1 is 0.826 bits per heavy atom. The Labute approximate surface area is 136 Å². The second kappa shape index (κ2) is 7.45. The average Bonchev–Trinajstić information content (AvgIpc) is 2.62. The normalized spacial score (nSPS) is 10.3. The summed E-state index contributed by atoms with van der Waals surface area (Å²) in [5.41, 5.74) is 3.27. The van der Waals surface area contributed by atoms with E-state index in [0.717, 1.165) is 28.2 Å². The smallest absolute Gasteiger partial charge is 0.126 e. The number of aromatic nitrogens is 1. The molecule has 0 fully saturated rings. The van der Waals surface area contributed by atoms with Crippen LogP contribution >= 0.6 is 0 Å². The van der Waals surface area contributed by atoms with Crippen LogP contribution in [0.3, 0.4) is 0 Å². The van der Waals surface area contributed by atoms with Gasteiger partial charge in [-0.1, -0.05) is 42.5 Å². The third-order valence-corrected chi connectivity index (χ3v) is 3.53. The summed E-state index contributed by atoms with van der Waals surface area (Å²) in [6.45, 7) is 3.07. The van der Waals surface area contributed by atoms with Crippen LogP contribution in [0.5, 0.6) is 11.5 Å². The fraction of sp³-hybridized carbons (Fsp3) is 0.150. The minimum Gasteiger partial charge on any atom is -0.489 e. The largest absolute Gasteiger partial charge is 0.489 e. The fourth-order valence-corrected chi connectivity index (χ4v) is 2.21. The summed E-state index contributed by atoms with van der Waals surface area (Å²) in [4.78, 5) is 4.10. The highest BCUT2D eigenvalue weighted by Crippen LogP contribution is 2.25. The second-order valence-corrected chi connectivity index (χ2v) is 5.35. The number of rotatable bonds is 6. The molecule has 0 N–H and O–H groups in total. The third kappa shape index (κ3) is 4.33. The van der Waals surface area contributed by atoms with Gasteiger partial charge >= 0.3 is 0 Å². The molecule has 3 heteroatoms. The van der Waals surface area contributed by atoms with Gasteiger partial charge in [0.25, 0.3) is 0 Å². The van der Waals surface area contributed by atoms with Gasteiger partial charge in [0.05, 0.1) is 0 Å². The first kappa shape index (κ1) is 15.1. The molecule has 0 bridgehead atoms. The third-order valence-electron chi connectivity index (χ3n) is 3.53. The van der Waals surface area contributed by atoms with Crippen molar-refractivity contribution in [3.05, 3.63) is 89.7 Å². The lowest BCUT2D eigenvalue weighted by Gasteiger charge is -2.12. The van der Waals surface area contributed by atoms with Gasteiger partial charge in [-0.05, 0) is 30.2 Å². The molecule has 3 rings (SSSR count). The first-order chi connectivity index (χ1) is 11.3. The van der Waals surface area contributed by atoms with E-state index in [1.54, 1.807) is 6.20 Å². The number of ether oxygens (including phenoxy) is 2. The molecule has 0 radical (unpaired) electrons. The molecule has 0 aliphatic heterocycles. The average molecular weight is 305 g/mol. The Kier molecular flexibility index (Phi) is 4.89. The van der Waals surface area contributed by atoms with Crippen LogP contribution in [0.2, 0.25) is 0 Å². The molecule has 1 aromatic heterocycles. The van der Waals surface area contributed by atoms with Crippen LogP contribution < -0.4 is 9.47 Å². The van der Waals surface area contributed by atoms with E-state index >= 15 is 0 Å². The van der Waals surface area contributed by atoms with Crippen LogP contribution in [0.15, 0.2) is 73.1 Å². The zero-order valence-electron chi connectivity index (χ0n) is 13.1. The van der Waals surface area contributed by atoms with Crippen LogP contribution in [-0.2, 0) is 13.2 Å². The lowest BCUT2D eigenvalue weighted by Crippen LogP contribution is -1.99. The molecule has 0 amide bonds. The van der Waals surface area contributed by atoms with Crippen molar-refractivity contribution in [2.75, 3.05) is 0 Å². The maximum absolute atomic E-state index is 5.90. The topological polar surface area (TPSA) is 31.4 Å². The van der Waals surface area contributed by atoms with E-state index in [4.69, 9.17) is 9.47 Å². The predicted octanol–water partition coefficient (Wildman–Crippen LogP) is 4.55. The highest BCUT2D eigenvalue weighted by Gasteiger charge is 2.04. The number of hydrogen-bond acceptors (Lipinski definition) is 3. The van der Waals surface area contributed by atoms with Gasteiger partial charge in [0.2, 0.25) is 0 Å². The van der Waals surface area contributed by atoms with Crippen molar-refractivity contribution >= 4 is 0 Å². The molecule has 2 aromatic carbocycles. The van der Waals surface area contributed by atoms with E-state index in [0.29, 0.717) is 13.2 Å². The second-order valence-electron chi connectivity index (χ2n) is 5.35. The Morgan fingerprint density at radius 2 is 1.61 bits per heavy atom. The Morgan fingerprint density at radius 3 is 2.39 bits per heavy atom. The first-order valence-corrected chi connectivity index (χ1v) is 7.60. The molecule has 1 heterocycles. The molecular formula is C20H19NO2. The number of nitrogens with zero attached hydrogens (tertiary/aromatic N) is 1. The van der Waals surface area contributed by atoms with Gasteiger partial charge in [0.15, 0.2) is 0 Å². The van der Waals surface area contributed by atoms with Crippen LogP contribution in [0.25, 0.3) is 0 Å². The summed E-state index contributed by atoms with van der Waals surface area (Å²) in [6.07, 6.45) is 3.57. The van der Waals surface area contributed by atoms with Crippen LogP contribution in [-0.4, -0.2) is 4.98 Å². The molecular weight excluding hydrogens is 286 g/mol. The van der Waals surface area contributed by atoms with E-state index < -0.39 is 0 Å². The zero-order chi connectivity index (χ0) is 15.9. The number of hydrogen-bond donors (Lipinski definition) is 0. The van der Waals surface area contributed by atoms with Crippen molar-refractivity contribution in [3.63, 3.8) is 0 Å². The van der Waals surface area contributed by atoms with E-state index in [9.17, 15) is 0 Å². The lowest BCUT2D eigenvalue weighted by molar-refractivity contribution is 0.288. The SMILES string of the molecule is Cc1ccc(OCc2ccccc2)cc1OCc1cccnc1. The lowest BCUT2D eigenvalue weighted by atomic mass is 10.2. The summed E-state index contributed by atoms with van der Waals surface area (Å²) in [6, 6.07) is 19.9. The van der Waals surface area contributed by atoms with Crippen molar-refractivity contribution < 1.29 is 9.47 Å². The van der Waals surface area contributed by atoms with Gasteiger partial charge in [-0.3, -0.25) is 4.98 Å². The summed E-state index contributed by atoms with van der Waals surface area (Å²) in [5.74, 6) is 1.64. The summed E-state index contributed by atoms with van der Waals surface area (Å²) >= 11 is 0. The maximum atomic E-state index is 5.90. The van der Waals surface area contributed by atoms with Crippen LogP contribution in [0, 0.1) is 6.92 Å². The highest BCUT2D eigenvalue weighted by molar-refractivity contribution is 5.40. The van der Waals surface area contributed by atoms with Gasteiger partial charge in [0, 0.05) is 24.0 Å². The van der Waals surface area contributed by atoms with E-state index in [1.165, 1.54) is 0 Å². The highest BCUT2D eigenvalue weighted by atomic mass is 16.5. The minimum absolute atomic E-state index is 0.497. The van der Waals surface area contributed by atoms with Gasteiger partial charge in [-0.15, -0.1) is 0 Å². The van der Waals surface area contributed by atoms with Crippen molar-refractivity contribution in [1.29, 1.82) is 0 Å². The summed E-state index contributed by atoms with van der Waals surface area (Å²) < 4.78 is 11.7. The minimum atomic E-state index is 0.497. The van der Waals surface area contributed by atoms with E-state index in [1.807, 2.05) is 73.8 Å². The molecule has 0 aliphatic rings. The van der Waals surface area contributed by atoms with Crippen molar-refractivity contribution in [3.8, 4) is 11.5 Å². The summed E-state index contributed by atoms with van der Waals surface area (Å²) in [5, 5.41) is 0. The fourth-order valence-electron chi connectivity index (χ4n) is 2.21. The van der Waals surface area contributed by atoms with E-state index in [-0.39, 0.29) is 0 Å². The molecule has 3 nitrogen and oxygen atoms in total. The standard InChI is InChI=1S/C20H19NO2/c1-16-9-10-19(22-14-17-6-3-2-4-7-17)12-20(16)23-15-18-8-5-11-21-13-18/h2-13H,14-15H2,1H3. The van der Waals surface area contributed by atoms with Gasteiger partial charge in [-0.25, -0.2) is 0 Å². The number of aryl methyl sites for hydroxylation is 1. The maximum Gasteiger partial charge on any atom is 0.126 e. The Hall–Kier alpha value is -2.81. The first-order valence-electron chi connectivity index (χ1n) is 7.60. The van der Waals surface area contributed by atoms with Gasteiger partial charge < -0.3 is 9.47 Å².